The molecule has 1 amide bonds. The minimum atomic E-state index is -0.569. The Kier molecular flexibility index (Phi) is 5.91. The third-order valence-electron chi connectivity index (χ3n) is 6.16. The molecular formula is C28H26FN5O. The van der Waals surface area contributed by atoms with E-state index in [1.807, 2.05) is 68.4 Å². The van der Waals surface area contributed by atoms with Gasteiger partial charge in [-0.15, -0.1) is 0 Å². The lowest BCUT2D eigenvalue weighted by molar-refractivity contribution is -0.118. The predicted molar refractivity (Wildman–Crippen MR) is 137 cm³/mol. The van der Waals surface area contributed by atoms with Gasteiger partial charge in [0.15, 0.2) is 0 Å². The number of rotatable bonds is 7. The molecule has 1 heterocycles. The van der Waals surface area contributed by atoms with Crippen molar-refractivity contribution < 1.29 is 9.18 Å². The number of hydrogen-bond acceptors (Lipinski definition) is 5. The number of anilines is 5. The Labute approximate surface area is 203 Å². The van der Waals surface area contributed by atoms with E-state index in [9.17, 15) is 9.18 Å². The van der Waals surface area contributed by atoms with Crippen LogP contribution in [0.15, 0.2) is 78.9 Å². The molecule has 1 fully saturated rings. The molecule has 3 N–H and O–H groups in total. The molecule has 0 bridgehead atoms. The number of nitrogens with zero attached hydrogens (tertiary/aromatic N) is 2. The topological polar surface area (TPSA) is 78.9 Å². The highest BCUT2D eigenvalue weighted by atomic mass is 19.1. The number of aromatic nitrogens is 2. The van der Waals surface area contributed by atoms with Gasteiger partial charge in [-0.2, -0.15) is 4.98 Å². The van der Waals surface area contributed by atoms with E-state index in [1.165, 1.54) is 17.7 Å². The normalized spacial score (nSPS) is 13.7. The van der Waals surface area contributed by atoms with Crippen LogP contribution in [0.3, 0.4) is 0 Å². The van der Waals surface area contributed by atoms with E-state index in [-0.39, 0.29) is 11.7 Å². The average molecular weight is 468 g/mol. The summed E-state index contributed by atoms with van der Waals surface area (Å²) in [5.41, 5.74) is 4.75. The fourth-order valence-electron chi connectivity index (χ4n) is 4.03. The van der Waals surface area contributed by atoms with Crippen molar-refractivity contribution >= 4 is 34.7 Å². The Morgan fingerprint density at radius 3 is 2.06 bits per heavy atom. The number of benzene rings is 3. The highest BCUT2D eigenvalue weighted by Gasteiger charge is 2.51. The first kappa shape index (κ1) is 22.5. The van der Waals surface area contributed by atoms with Crippen molar-refractivity contribution in [3.63, 3.8) is 0 Å². The summed E-state index contributed by atoms with van der Waals surface area (Å²) in [6.45, 7) is 3.97. The van der Waals surface area contributed by atoms with Crippen molar-refractivity contribution in [1.29, 1.82) is 0 Å². The van der Waals surface area contributed by atoms with Crippen LogP contribution >= 0.6 is 0 Å². The van der Waals surface area contributed by atoms with Gasteiger partial charge in [0.05, 0.1) is 5.41 Å². The van der Waals surface area contributed by atoms with Gasteiger partial charge in [-0.25, -0.2) is 9.37 Å². The van der Waals surface area contributed by atoms with Crippen LogP contribution in [-0.2, 0) is 10.2 Å². The number of carbonyl (C=O) groups is 1. The van der Waals surface area contributed by atoms with Gasteiger partial charge in [0.25, 0.3) is 0 Å². The molecule has 1 aliphatic carbocycles. The third-order valence-corrected chi connectivity index (χ3v) is 6.16. The molecule has 0 saturated heterocycles. The molecule has 1 aliphatic rings. The molecular weight excluding hydrogens is 441 g/mol. The van der Waals surface area contributed by atoms with Crippen LogP contribution in [0.5, 0.6) is 0 Å². The molecule has 4 aromatic rings. The predicted octanol–water partition coefficient (Wildman–Crippen LogP) is 6.39. The zero-order chi connectivity index (χ0) is 24.4. The van der Waals surface area contributed by atoms with E-state index in [2.05, 4.69) is 25.9 Å². The number of halogens is 1. The number of nitrogens with one attached hydrogen (secondary N) is 3. The van der Waals surface area contributed by atoms with Crippen LogP contribution in [0.4, 0.5) is 33.2 Å². The molecule has 0 radical (unpaired) electrons. The Balaban J connectivity index is 1.25. The number of hydrogen-bond donors (Lipinski definition) is 3. The number of aryl methyl sites for hydroxylation is 2. The van der Waals surface area contributed by atoms with Gasteiger partial charge >= 0.3 is 0 Å². The maximum atomic E-state index is 13.3. The van der Waals surface area contributed by atoms with Crippen LogP contribution < -0.4 is 16.0 Å². The molecule has 0 atom stereocenters. The van der Waals surface area contributed by atoms with Crippen LogP contribution in [0.1, 0.15) is 29.7 Å². The van der Waals surface area contributed by atoms with Gasteiger partial charge in [-0.1, -0.05) is 29.8 Å². The van der Waals surface area contributed by atoms with Crippen molar-refractivity contribution in [2.75, 3.05) is 16.0 Å². The Morgan fingerprint density at radius 1 is 0.800 bits per heavy atom. The van der Waals surface area contributed by atoms with Crippen molar-refractivity contribution in [2.45, 2.75) is 32.1 Å². The Bertz CT molecular complexity index is 1350. The Hall–Kier alpha value is -4.26. The molecule has 35 heavy (non-hydrogen) atoms. The molecule has 0 spiro atoms. The fraction of sp³-hybridized carbons (Fsp3) is 0.179. The van der Waals surface area contributed by atoms with Crippen molar-refractivity contribution in [3.05, 3.63) is 102 Å². The van der Waals surface area contributed by atoms with E-state index >= 15 is 0 Å². The van der Waals surface area contributed by atoms with Gasteiger partial charge in [0, 0.05) is 28.8 Å². The first-order chi connectivity index (χ1) is 16.9. The second kappa shape index (κ2) is 9.18. The van der Waals surface area contributed by atoms with Gasteiger partial charge in [-0.05, 0) is 80.8 Å². The van der Waals surface area contributed by atoms with Crippen molar-refractivity contribution in [1.82, 2.24) is 9.97 Å². The van der Waals surface area contributed by atoms with Crippen molar-refractivity contribution in [2.24, 2.45) is 0 Å². The highest BCUT2D eigenvalue weighted by molar-refractivity contribution is 6.01. The minimum absolute atomic E-state index is 0.0707. The second-order valence-electron chi connectivity index (χ2n) is 8.95. The van der Waals surface area contributed by atoms with Crippen molar-refractivity contribution in [3.8, 4) is 0 Å². The van der Waals surface area contributed by atoms with Crippen LogP contribution in [0.25, 0.3) is 0 Å². The molecule has 0 aliphatic heterocycles. The molecule has 6 nitrogen and oxygen atoms in total. The largest absolute Gasteiger partial charge is 0.340 e. The van der Waals surface area contributed by atoms with Gasteiger partial charge in [0.2, 0.25) is 11.9 Å². The maximum Gasteiger partial charge on any atom is 0.235 e. The van der Waals surface area contributed by atoms with E-state index in [1.54, 1.807) is 12.1 Å². The maximum absolute atomic E-state index is 13.3. The second-order valence-corrected chi connectivity index (χ2v) is 8.95. The van der Waals surface area contributed by atoms with Gasteiger partial charge in [0.1, 0.15) is 11.6 Å². The molecule has 1 saturated carbocycles. The highest BCUT2D eigenvalue weighted by Crippen LogP contribution is 2.49. The zero-order valence-electron chi connectivity index (χ0n) is 19.6. The number of amides is 1. The summed E-state index contributed by atoms with van der Waals surface area (Å²) in [6, 6.07) is 23.6. The molecule has 3 aromatic carbocycles. The first-order valence-electron chi connectivity index (χ1n) is 11.5. The van der Waals surface area contributed by atoms with Gasteiger partial charge < -0.3 is 16.0 Å². The Morgan fingerprint density at radius 2 is 1.40 bits per heavy atom. The minimum Gasteiger partial charge on any atom is -0.340 e. The summed E-state index contributed by atoms with van der Waals surface area (Å²) in [5.74, 6) is 0.801. The van der Waals surface area contributed by atoms with Crippen LogP contribution in [0, 0.1) is 19.7 Å². The third kappa shape index (κ3) is 5.14. The quantitative estimate of drug-likeness (QED) is 0.294. The summed E-state index contributed by atoms with van der Waals surface area (Å²) in [4.78, 5) is 22.0. The zero-order valence-corrected chi connectivity index (χ0v) is 19.6. The monoisotopic (exact) mass is 467 g/mol. The van der Waals surface area contributed by atoms with E-state index in [0.29, 0.717) is 17.5 Å². The molecule has 176 valence electrons. The van der Waals surface area contributed by atoms with Crippen LogP contribution in [-0.4, -0.2) is 15.9 Å². The lowest BCUT2D eigenvalue weighted by Gasteiger charge is -2.16. The SMILES string of the molecule is Cc1ccc(Nc2cc(C)nc(Nc3ccc(NC(=O)C4(c5ccc(F)cc5)CC4)cc3)n2)cc1. The fourth-order valence-corrected chi connectivity index (χ4v) is 4.03. The summed E-state index contributed by atoms with van der Waals surface area (Å²) < 4.78 is 13.3. The van der Waals surface area contributed by atoms with E-state index < -0.39 is 5.41 Å². The first-order valence-corrected chi connectivity index (χ1v) is 11.5. The summed E-state index contributed by atoms with van der Waals surface area (Å²) in [5, 5.41) is 9.53. The van der Waals surface area contributed by atoms with Gasteiger partial charge in [-0.3, -0.25) is 4.79 Å². The van der Waals surface area contributed by atoms with E-state index in [0.717, 1.165) is 35.5 Å². The summed E-state index contributed by atoms with van der Waals surface area (Å²) in [7, 11) is 0. The summed E-state index contributed by atoms with van der Waals surface area (Å²) >= 11 is 0. The molecule has 1 aromatic heterocycles. The molecule has 5 rings (SSSR count). The average Bonchev–Trinajstić information content (AvgIpc) is 3.64. The van der Waals surface area contributed by atoms with E-state index in [4.69, 9.17) is 0 Å². The standard InChI is InChI=1S/C28H26FN5O/c1-18-3-9-22(10-4-18)31-25-17-19(2)30-27(34-25)33-24-13-11-23(12-14-24)32-26(35)28(15-16-28)20-5-7-21(29)8-6-20/h3-14,17H,15-16H2,1-2H3,(H,32,35)(H2,30,31,33,34). The number of carbonyl (C=O) groups excluding carboxylic acids is 1. The van der Waals surface area contributed by atoms with Crippen LogP contribution in [0.2, 0.25) is 0 Å². The lowest BCUT2D eigenvalue weighted by Crippen LogP contribution is -2.27. The smallest absolute Gasteiger partial charge is 0.235 e. The lowest BCUT2D eigenvalue weighted by atomic mass is 9.95. The summed E-state index contributed by atoms with van der Waals surface area (Å²) in [6.07, 6.45) is 1.52. The molecule has 7 heteroatoms. The molecule has 0 unspecified atom stereocenters.